The predicted molar refractivity (Wildman–Crippen MR) is 42.3 cm³/mol. The molecule has 0 rings (SSSR count). The largest absolute Gasteiger partial charge is 0.328 e. The Kier molecular flexibility index (Phi) is 5.64. The third kappa shape index (κ3) is 5.57. The van der Waals surface area contributed by atoms with Gasteiger partial charge < -0.3 is 5.73 Å². The minimum atomic E-state index is 0.396. The van der Waals surface area contributed by atoms with Crippen LogP contribution in [0.2, 0.25) is 0 Å². The molecular weight excluding hydrogens is 110 g/mol. The second-order valence-electron chi connectivity index (χ2n) is 2.41. The van der Waals surface area contributed by atoms with Crippen molar-refractivity contribution in [1.29, 1.82) is 0 Å². The Labute approximate surface area is 57.9 Å². The Balaban J connectivity index is 3.04. The molecule has 0 aromatic carbocycles. The third-order valence-corrected chi connectivity index (χ3v) is 1.40. The molecule has 1 heteroatoms. The monoisotopic (exact) mass is 127 g/mol. The Morgan fingerprint density at radius 2 is 2.22 bits per heavy atom. The molecule has 0 fully saturated rings. The third-order valence-electron chi connectivity index (χ3n) is 1.40. The average molecular weight is 127 g/mol. The molecule has 0 unspecified atom stereocenters. The fraction of sp³-hybridized carbons (Fsp3) is 0.750. The molecule has 54 valence electrons. The topological polar surface area (TPSA) is 26.0 Å². The van der Waals surface area contributed by atoms with Gasteiger partial charge in [0, 0.05) is 6.04 Å². The molecule has 0 radical (unpaired) electrons. The average Bonchev–Trinajstić information content (AvgIpc) is 1.85. The molecule has 0 amide bonds. The lowest BCUT2D eigenvalue weighted by Crippen LogP contribution is -2.18. The van der Waals surface area contributed by atoms with Crippen LogP contribution in [0.3, 0.4) is 0 Å². The van der Waals surface area contributed by atoms with Crippen molar-refractivity contribution in [3.63, 3.8) is 0 Å². The van der Waals surface area contributed by atoms with E-state index in [2.05, 4.69) is 13.5 Å². The van der Waals surface area contributed by atoms with Crippen LogP contribution in [0.5, 0.6) is 0 Å². The van der Waals surface area contributed by atoms with E-state index in [0.29, 0.717) is 6.04 Å². The molecule has 0 saturated heterocycles. The standard InChI is InChI=1S/C8H17N/c1-3-5-7-8(9)6-4-2/h3,8H,1,4-7,9H2,2H3/t8-/m0/s1. The van der Waals surface area contributed by atoms with Crippen molar-refractivity contribution < 1.29 is 0 Å². The molecule has 0 aromatic rings. The Morgan fingerprint density at radius 1 is 1.56 bits per heavy atom. The van der Waals surface area contributed by atoms with E-state index >= 15 is 0 Å². The second-order valence-corrected chi connectivity index (χ2v) is 2.41. The van der Waals surface area contributed by atoms with Crippen LogP contribution in [0.1, 0.15) is 32.6 Å². The van der Waals surface area contributed by atoms with E-state index < -0.39 is 0 Å². The maximum atomic E-state index is 5.72. The van der Waals surface area contributed by atoms with Gasteiger partial charge in [-0.3, -0.25) is 0 Å². The van der Waals surface area contributed by atoms with Crippen LogP contribution < -0.4 is 5.73 Å². The number of nitrogens with two attached hydrogens (primary N) is 1. The van der Waals surface area contributed by atoms with Crippen LogP contribution in [0, 0.1) is 0 Å². The minimum absolute atomic E-state index is 0.396. The van der Waals surface area contributed by atoms with Crippen molar-refractivity contribution in [2.75, 3.05) is 0 Å². The van der Waals surface area contributed by atoms with Crippen molar-refractivity contribution in [1.82, 2.24) is 0 Å². The van der Waals surface area contributed by atoms with Crippen molar-refractivity contribution in [2.45, 2.75) is 38.6 Å². The smallest absolute Gasteiger partial charge is 0.00416 e. The van der Waals surface area contributed by atoms with E-state index in [9.17, 15) is 0 Å². The summed E-state index contributed by atoms with van der Waals surface area (Å²) < 4.78 is 0. The Bertz CT molecular complexity index is 69.0. The predicted octanol–water partition coefficient (Wildman–Crippen LogP) is 2.08. The van der Waals surface area contributed by atoms with Crippen LogP contribution in [-0.2, 0) is 0 Å². The fourth-order valence-electron chi connectivity index (χ4n) is 0.847. The lowest BCUT2D eigenvalue weighted by Gasteiger charge is -2.06. The fourth-order valence-corrected chi connectivity index (χ4v) is 0.847. The summed E-state index contributed by atoms with van der Waals surface area (Å²) in [6.07, 6.45) is 6.42. The van der Waals surface area contributed by atoms with Crippen LogP contribution in [0.15, 0.2) is 12.7 Å². The van der Waals surface area contributed by atoms with Gasteiger partial charge in [0.1, 0.15) is 0 Å². The SMILES string of the molecule is C=CCC[C@@H](N)CCC. The zero-order chi connectivity index (χ0) is 7.11. The van der Waals surface area contributed by atoms with E-state index in [1.165, 1.54) is 6.42 Å². The maximum absolute atomic E-state index is 5.72. The zero-order valence-corrected chi connectivity index (χ0v) is 6.27. The first-order chi connectivity index (χ1) is 4.31. The lowest BCUT2D eigenvalue weighted by molar-refractivity contribution is 0.566. The van der Waals surface area contributed by atoms with Crippen molar-refractivity contribution in [2.24, 2.45) is 5.73 Å². The summed E-state index contributed by atoms with van der Waals surface area (Å²) in [6, 6.07) is 0.396. The van der Waals surface area contributed by atoms with E-state index in [0.717, 1.165) is 19.3 Å². The molecule has 1 atom stereocenters. The lowest BCUT2D eigenvalue weighted by atomic mass is 10.1. The highest BCUT2D eigenvalue weighted by atomic mass is 14.6. The van der Waals surface area contributed by atoms with Gasteiger partial charge in [-0.25, -0.2) is 0 Å². The van der Waals surface area contributed by atoms with Gasteiger partial charge in [0.25, 0.3) is 0 Å². The Hall–Kier alpha value is -0.300. The molecule has 0 aliphatic heterocycles. The summed E-state index contributed by atoms with van der Waals surface area (Å²) in [5, 5.41) is 0. The summed E-state index contributed by atoms with van der Waals surface area (Å²) in [7, 11) is 0. The highest BCUT2D eigenvalue weighted by molar-refractivity contribution is 4.70. The molecule has 2 N–H and O–H groups in total. The second kappa shape index (κ2) is 5.83. The first-order valence-corrected chi connectivity index (χ1v) is 3.67. The van der Waals surface area contributed by atoms with E-state index in [-0.39, 0.29) is 0 Å². The van der Waals surface area contributed by atoms with Gasteiger partial charge in [-0.15, -0.1) is 6.58 Å². The molecular formula is C8H17N. The Morgan fingerprint density at radius 3 is 2.67 bits per heavy atom. The van der Waals surface area contributed by atoms with Gasteiger partial charge in [-0.2, -0.15) is 0 Å². The molecule has 9 heavy (non-hydrogen) atoms. The number of rotatable bonds is 5. The van der Waals surface area contributed by atoms with Gasteiger partial charge in [0.05, 0.1) is 0 Å². The normalized spacial score (nSPS) is 13.1. The summed E-state index contributed by atoms with van der Waals surface area (Å²) in [4.78, 5) is 0. The van der Waals surface area contributed by atoms with Gasteiger partial charge in [0.2, 0.25) is 0 Å². The molecule has 0 bridgehead atoms. The van der Waals surface area contributed by atoms with Gasteiger partial charge >= 0.3 is 0 Å². The number of hydrogen-bond acceptors (Lipinski definition) is 1. The zero-order valence-electron chi connectivity index (χ0n) is 6.27. The van der Waals surface area contributed by atoms with Crippen molar-refractivity contribution in [3.8, 4) is 0 Å². The molecule has 1 nitrogen and oxygen atoms in total. The van der Waals surface area contributed by atoms with Crippen LogP contribution >= 0.6 is 0 Å². The van der Waals surface area contributed by atoms with Gasteiger partial charge in [-0.1, -0.05) is 19.4 Å². The van der Waals surface area contributed by atoms with Crippen LogP contribution in [0.4, 0.5) is 0 Å². The summed E-state index contributed by atoms with van der Waals surface area (Å²) in [6.45, 7) is 5.80. The van der Waals surface area contributed by atoms with E-state index in [1.807, 2.05) is 6.08 Å². The van der Waals surface area contributed by atoms with Crippen LogP contribution in [-0.4, -0.2) is 6.04 Å². The summed E-state index contributed by atoms with van der Waals surface area (Å²) >= 11 is 0. The number of hydrogen-bond donors (Lipinski definition) is 1. The number of allylic oxidation sites excluding steroid dienone is 1. The quantitative estimate of drug-likeness (QED) is 0.562. The summed E-state index contributed by atoms with van der Waals surface area (Å²) in [5.74, 6) is 0. The van der Waals surface area contributed by atoms with Crippen molar-refractivity contribution >= 4 is 0 Å². The molecule has 0 spiro atoms. The molecule has 0 heterocycles. The van der Waals surface area contributed by atoms with Gasteiger partial charge in [0.15, 0.2) is 0 Å². The molecule has 0 aliphatic carbocycles. The molecule has 0 saturated carbocycles. The van der Waals surface area contributed by atoms with Gasteiger partial charge in [-0.05, 0) is 19.3 Å². The van der Waals surface area contributed by atoms with E-state index in [4.69, 9.17) is 5.73 Å². The van der Waals surface area contributed by atoms with Crippen molar-refractivity contribution in [3.05, 3.63) is 12.7 Å². The highest BCUT2D eigenvalue weighted by Crippen LogP contribution is 2.01. The maximum Gasteiger partial charge on any atom is 0.00416 e. The van der Waals surface area contributed by atoms with Crippen LogP contribution in [0.25, 0.3) is 0 Å². The summed E-state index contributed by atoms with van der Waals surface area (Å²) in [5.41, 5.74) is 5.72. The highest BCUT2D eigenvalue weighted by Gasteiger charge is 1.96. The first-order valence-electron chi connectivity index (χ1n) is 3.67. The molecule has 0 aromatic heterocycles. The molecule has 0 aliphatic rings. The first kappa shape index (κ1) is 8.70. The minimum Gasteiger partial charge on any atom is -0.328 e. The van der Waals surface area contributed by atoms with E-state index in [1.54, 1.807) is 0 Å².